The molecule has 3 rings (SSSR count). The molecule has 0 saturated carbocycles. The molecule has 0 radical (unpaired) electrons. The Labute approximate surface area is 162 Å². The number of nitrogens with zero attached hydrogens (tertiary/aromatic N) is 4. The summed E-state index contributed by atoms with van der Waals surface area (Å²) in [5.74, 6) is 0. The van der Waals surface area contributed by atoms with Crippen LogP contribution in [0.5, 0.6) is 0 Å². The van der Waals surface area contributed by atoms with Crippen LogP contribution in [0, 0.1) is 0 Å². The summed E-state index contributed by atoms with van der Waals surface area (Å²) in [5, 5.41) is 9.67. The van der Waals surface area contributed by atoms with E-state index in [9.17, 15) is 0 Å². The SMILES string of the molecule is CN(/N=C/c1ccccc1)P1(=S)N2CCC[NH2+]CC[NH2+]CCCN1CC2. The molecule has 0 aromatic heterocycles. The maximum atomic E-state index is 6.32. The minimum Gasteiger partial charge on any atom is -0.342 e. The third kappa shape index (κ3) is 4.91. The normalized spacial score (nSPS) is 31.1. The molecule has 8 heteroatoms. The van der Waals surface area contributed by atoms with E-state index in [-0.39, 0.29) is 0 Å². The number of benzene rings is 1. The Bertz CT molecular complexity index is 601. The van der Waals surface area contributed by atoms with Crippen molar-refractivity contribution in [2.24, 2.45) is 5.10 Å². The van der Waals surface area contributed by atoms with Gasteiger partial charge in [-0.3, -0.25) is 0 Å². The van der Waals surface area contributed by atoms with Gasteiger partial charge < -0.3 is 10.6 Å². The second-order valence-corrected chi connectivity index (χ2v) is 11.2. The number of quaternary nitrogens is 2. The highest BCUT2D eigenvalue weighted by atomic mass is 32.4. The summed E-state index contributed by atoms with van der Waals surface area (Å²) in [6.07, 6.45) is 4.34. The number of fused-ring (bicyclic) bond motifs is 2. The summed E-state index contributed by atoms with van der Waals surface area (Å²) < 4.78 is 7.18. The molecule has 0 amide bonds. The molecule has 144 valence electrons. The van der Waals surface area contributed by atoms with Gasteiger partial charge in [0.05, 0.1) is 19.3 Å². The molecule has 1 aromatic carbocycles. The zero-order chi connectivity index (χ0) is 18.2. The Morgan fingerprint density at radius 3 is 2.12 bits per heavy atom. The third-order valence-electron chi connectivity index (χ3n) is 5.13. The topological polar surface area (TPSA) is 55.3 Å². The van der Waals surface area contributed by atoms with Crippen LogP contribution >= 0.6 is 6.49 Å². The highest BCUT2D eigenvalue weighted by Gasteiger charge is 2.41. The van der Waals surface area contributed by atoms with Crippen LogP contribution in [0.25, 0.3) is 0 Å². The van der Waals surface area contributed by atoms with E-state index in [1.54, 1.807) is 0 Å². The van der Waals surface area contributed by atoms with Gasteiger partial charge in [-0.2, -0.15) is 5.10 Å². The summed E-state index contributed by atoms with van der Waals surface area (Å²) in [6, 6.07) is 10.3. The van der Waals surface area contributed by atoms with Gasteiger partial charge in [0.15, 0.2) is 6.49 Å². The summed E-state index contributed by atoms with van der Waals surface area (Å²) in [7, 11) is 2.07. The van der Waals surface area contributed by atoms with Crippen LogP contribution in [0.3, 0.4) is 0 Å². The van der Waals surface area contributed by atoms with E-state index in [4.69, 9.17) is 16.9 Å². The summed E-state index contributed by atoms with van der Waals surface area (Å²) >= 11 is 6.32. The van der Waals surface area contributed by atoms with Crippen LogP contribution in [-0.2, 0) is 11.8 Å². The van der Waals surface area contributed by atoms with Crippen molar-refractivity contribution in [1.29, 1.82) is 0 Å². The quantitative estimate of drug-likeness (QED) is 0.419. The van der Waals surface area contributed by atoms with Crippen LogP contribution < -0.4 is 10.6 Å². The van der Waals surface area contributed by atoms with Crippen LogP contribution in [-0.4, -0.2) is 79.7 Å². The largest absolute Gasteiger partial charge is 0.342 e. The monoisotopic (exact) mass is 396 g/mol. The van der Waals surface area contributed by atoms with E-state index in [2.05, 4.69) is 43.9 Å². The van der Waals surface area contributed by atoms with E-state index < -0.39 is 6.49 Å². The molecule has 1 aromatic rings. The first kappa shape index (κ1) is 19.9. The summed E-state index contributed by atoms with van der Waals surface area (Å²) in [4.78, 5) is 0. The Balaban J connectivity index is 1.75. The zero-order valence-electron chi connectivity index (χ0n) is 15.8. The lowest BCUT2D eigenvalue weighted by atomic mass is 10.2. The van der Waals surface area contributed by atoms with Crippen LogP contribution in [0.2, 0.25) is 0 Å². The number of rotatable bonds is 3. The third-order valence-corrected chi connectivity index (χ3v) is 10.4. The molecular formula is C18H33N6PS+2. The lowest BCUT2D eigenvalue weighted by Gasteiger charge is -2.38. The van der Waals surface area contributed by atoms with Gasteiger partial charge in [-0.15, -0.1) is 0 Å². The molecular weight excluding hydrogens is 363 g/mol. The molecule has 26 heavy (non-hydrogen) atoms. The predicted octanol–water partition coefficient (Wildman–Crippen LogP) is -0.285. The molecule has 0 spiro atoms. The van der Waals surface area contributed by atoms with Crippen molar-refractivity contribution in [3.63, 3.8) is 0 Å². The molecule has 2 saturated heterocycles. The predicted molar refractivity (Wildman–Crippen MR) is 112 cm³/mol. The van der Waals surface area contributed by atoms with Crippen molar-refractivity contribution in [2.75, 3.05) is 59.4 Å². The van der Waals surface area contributed by atoms with Gasteiger partial charge in [0.25, 0.3) is 0 Å². The van der Waals surface area contributed by atoms with Crippen molar-refractivity contribution >= 4 is 24.5 Å². The fraction of sp³-hybridized carbons (Fsp3) is 0.611. The Morgan fingerprint density at radius 1 is 0.962 bits per heavy atom. The van der Waals surface area contributed by atoms with Crippen molar-refractivity contribution in [1.82, 2.24) is 14.1 Å². The van der Waals surface area contributed by atoms with Gasteiger partial charge in [-0.1, -0.05) is 30.3 Å². The first-order valence-electron chi connectivity index (χ1n) is 9.79. The van der Waals surface area contributed by atoms with E-state index >= 15 is 0 Å². The van der Waals surface area contributed by atoms with Crippen LogP contribution in [0.1, 0.15) is 18.4 Å². The zero-order valence-corrected chi connectivity index (χ0v) is 17.5. The van der Waals surface area contributed by atoms with Gasteiger partial charge in [0.1, 0.15) is 13.1 Å². The minimum atomic E-state index is -1.97. The number of hydrazone groups is 1. The second kappa shape index (κ2) is 9.93. The molecule has 0 aliphatic carbocycles. The molecule has 2 heterocycles. The number of nitrogens with two attached hydrogens (primary N) is 2. The van der Waals surface area contributed by atoms with E-state index in [0.29, 0.717) is 0 Å². The maximum Gasteiger partial charge on any atom is 0.185 e. The first-order valence-corrected chi connectivity index (χ1v) is 12.4. The van der Waals surface area contributed by atoms with Gasteiger partial charge in [-0.05, 0) is 17.4 Å². The standard InChI is InChI=1S/C18H31N6PS/c1-22(21-17-18-7-3-2-4-8-18)25(26)23-13-5-9-19-11-12-20-10-6-14-24(25)16-15-23/h2-4,7-8,17,19-20H,5-6,9-16H2,1H3/p+2/b21-17+. The average molecular weight is 397 g/mol. The Morgan fingerprint density at radius 2 is 1.54 bits per heavy atom. The van der Waals surface area contributed by atoms with E-state index in [0.717, 1.165) is 31.7 Å². The van der Waals surface area contributed by atoms with Gasteiger partial charge in [-0.25, -0.2) is 14.1 Å². The van der Waals surface area contributed by atoms with Gasteiger partial charge in [0, 0.05) is 46.1 Å². The minimum absolute atomic E-state index is 1.08. The molecule has 2 aliphatic heterocycles. The number of hydrogen-bond acceptors (Lipinski definition) is 2. The van der Waals surface area contributed by atoms with Crippen molar-refractivity contribution in [3.05, 3.63) is 35.9 Å². The second-order valence-electron chi connectivity index (χ2n) is 7.00. The van der Waals surface area contributed by atoms with E-state index in [1.807, 2.05) is 24.4 Å². The average Bonchev–Trinajstić information content (AvgIpc) is 2.99. The molecule has 2 bridgehead atoms. The summed E-state index contributed by atoms with van der Waals surface area (Å²) in [5.41, 5.74) is 1.12. The van der Waals surface area contributed by atoms with Crippen molar-refractivity contribution in [2.45, 2.75) is 12.8 Å². The van der Waals surface area contributed by atoms with Crippen molar-refractivity contribution in [3.8, 4) is 0 Å². The summed E-state index contributed by atoms with van der Waals surface area (Å²) in [6.45, 7) is 7.17. The Kier molecular flexibility index (Phi) is 7.61. The first-order chi connectivity index (χ1) is 12.7. The fourth-order valence-corrected chi connectivity index (χ4v) is 7.52. The number of hydrogen-bond donors (Lipinski definition) is 2. The molecule has 2 fully saturated rings. The van der Waals surface area contributed by atoms with Crippen molar-refractivity contribution < 1.29 is 10.6 Å². The molecule has 6 nitrogen and oxygen atoms in total. The highest BCUT2D eigenvalue weighted by Crippen LogP contribution is 2.59. The fourth-order valence-electron chi connectivity index (χ4n) is 3.64. The maximum absolute atomic E-state index is 6.32. The van der Waals surface area contributed by atoms with E-state index in [1.165, 1.54) is 39.0 Å². The molecule has 2 atom stereocenters. The molecule has 2 unspecified atom stereocenters. The smallest absolute Gasteiger partial charge is 0.185 e. The Hall–Kier alpha value is -0.820. The highest BCUT2D eigenvalue weighted by molar-refractivity contribution is 8.11. The van der Waals surface area contributed by atoms with Crippen LogP contribution in [0.15, 0.2) is 35.4 Å². The lowest BCUT2D eigenvalue weighted by molar-refractivity contribution is -0.723. The molecule has 2 aliphatic rings. The molecule has 4 N–H and O–H groups in total. The lowest BCUT2D eigenvalue weighted by Crippen LogP contribution is -2.95. The van der Waals surface area contributed by atoms with Crippen LogP contribution in [0.4, 0.5) is 0 Å². The van der Waals surface area contributed by atoms with Gasteiger partial charge >= 0.3 is 0 Å². The van der Waals surface area contributed by atoms with Gasteiger partial charge in [0.2, 0.25) is 0 Å².